The molecule has 2 aromatic heterocycles. The summed E-state index contributed by atoms with van der Waals surface area (Å²) in [6.45, 7) is 3.44. The lowest BCUT2D eigenvalue weighted by Crippen LogP contribution is -2.29. The van der Waals surface area contributed by atoms with Gasteiger partial charge in [0.2, 0.25) is 10.9 Å². The van der Waals surface area contributed by atoms with Gasteiger partial charge < -0.3 is 13.7 Å². The summed E-state index contributed by atoms with van der Waals surface area (Å²) in [4.78, 5) is 4.24. The lowest BCUT2D eigenvalue weighted by molar-refractivity contribution is 0.398. The first-order chi connectivity index (χ1) is 11.9. The molecule has 8 nitrogen and oxygen atoms in total. The monoisotopic (exact) mass is 363 g/mol. The molecule has 2 heterocycles. The number of furan rings is 1. The zero-order chi connectivity index (χ0) is 18.0. The third-order valence-electron chi connectivity index (χ3n) is 3.20. The van der Waals surface area contributed by atoms with Crippen LogP contribution in [0, 0.1) is 0 Å². The summed E-state index contributed by atoms with van der Waals surface area (Å²) in [7, 11) is -2.16. The fourth-order valence-electron chi connectivity index (χ4n) is 2.15. The Labute approximate surface area is 144 Å². The van der Waals surface area contributed by atoms with Crippen LogP contribution in [0.15, 0.2) is 50.4 Å². The summed E-state index contributed by atoms with van der Waals surface area (Å²) in [6, 6.07) is 9.74. The molecular formula is C16H17N3O5S. The van der Waals surface area contributed by atoms with Crippen molar-refractivity contribution in [3.05, 3.63) is 36.4 Å². The highest BCUT2D eigenvalue weighted by atomic mass is 32.2. The number of sulfonamides is 1. The van der Waals surface area contributed by atoms with Gasteiger partial charge in [-0.3, -0.25) is 0 Å². The number of benzene rings is 1. The van der Waals surface area contributed by atoms with E-state index in [1.807, 2.05) is 6.07 Å². The van der Waals surface area contributed by atoms with Gasteiger partial charge in [0, 0.05) is 11.6 Å². The van der Waals surface area contributed by atoms with Gasteiger partial charge in [-0.05, 0) is 38.1 Å². The Hall–Kier alpha value is -2.65. The van der Waals surface area contributed by atoms with E-state index in [-0.39, 0.29) is 22.8 Å². The molecule has 3 aromatic rings. The van der Waals surface area contributed by atoms with E-state index in [0.29, 0.717) is 17.1 Å². The van der Waals surface area contributed by atoms with E-state index >= 15 is 0 Å². The fourth-order valence-corrected chi connectivity index (χ4v) is 3.33. The van der Waals surface area contributed by atoms with Gasteiger partial charge in [-0.1, -0.05) is 17.3 Å². The van der Waals surface area contributed by atoms with Crippen molar-refractivity contribution in [1.29, 1.82) is 0 Å². The smallest absolute Gasteiger partial charge is 0.293 e. The third-order valence-corrected chi connectivity index (χ3v) is 4.73. The van der Waals surface area contributed by atoms with E-state index in [1.54, 1.807) is 39.2 Å². The van der Waals surface area contributed by atoms with Gasteiger partial charge in [0.15, 0.2) is 5.76 Å². The van der Waals surface area contributed by atoms with Crippen LogP contribution in [0.3, 0.4) is 0 Å². The number of aromatic nitrogens is 2. The third kappa shape index (κ3) is 3.72. The lowest BCUT2D eigenvalue weighted by Gasteiger charge is -2.06. The van der Waals surface area contributed by atoms with E-state index in [1.165, 1.54) is 12.1 Å². The number of nitrogens with one attached hydrogen (secondary N) is 1. The average molecular weight is 363 g/mol. The van der Waals surface area contributed by atoms with Crippen LogP contribution in [0.4, 0.5) is 0 Å². The summed E-state index contributed by atoms with van der Waals surface area (Å²) in [5.41, 5.74) is 0.704. The standard InChI is InChI=1S/C16H17N3O5S/c1-10(2)19-25(20,21)14-8-7-13(23-14)16-17-15(18-24-16)11-5-4-6-12(9-11)22-3/h4-10,19H,1-3H3. The minimum Gasteiger partial charge on any atom is -0.497 e. The quantitative estimate of drug-likeness (QED) is 0.717. The molecule has 0 atom stereocenters. The van der Waals surface area contributed by atoms with Crippen LogP contribution in [-0.4, -0.2) is 31.7 Å². The number of methoxy groups -OCH3 is 1. The largest absolute Gasteiger partial charge is 0.497 e. The fraction of sp³-hybridized carbons (Fsp3) is 0.250. The van der Waals surface area contributed by atoms with Crippen molar-refractivity contribution in [3.63, 3.8) is 0 Å². The molecule has 0 fully saturated rings. The summed E-state index contributed by atoms with van der Waals surface area (Å²) in [6.07, 6.45) is 0. The molecule has 0 saturated carbocycles. The topological polar surface area (TPSA) is 107 Å². The highest BCUT2D eigenvalue weighted by Gasteiger charge is 2.22. The molecule has 0 aliphatic rings. The minimum absolute atomic E-state index is 0.0869. The van der Waals surface area contributed by atoms with Crippen LogP contribution in [0.5, 0.6) is 5.75 Å². The Morgan fingerprint density at radius 2 is 2.00 bits per heavy atom. The molecule has 9 heteroatoms. The van der Waals surface area contributed by atoms with Crippen molar-refractivity contribution in [1.82, 2.24) is 14.9 Å². The van der Waals surface area contributed by atoms with Crippen molar-refractivity contribution < 1.29 is 22.1 Å². The van der Waals surface area contributed by atoms with E-state index in [9.17, 15) is 8.42 Å². The molecular weight excluding hydrogens is 346 g/mol. The van der Waals surface area contributed by atoms with Crippen molar-refractivity contribution in [2.24, 2.45) is 0 Å². The molecule has 0 amide bonds. The molecule has 0 saturated heterocycles. The van der Waals surface area contributed by atoms with E-state index in [0.717, 1.165) is 0 Å². The first-order valence-electron chi connectivity index (χ1n) is 7.50. The van der Waals surface area contributed by atoms with Crippen LogP contribution >= 0.6 is 0 Å². The SMILES string of the molecule is COc1cccc(-c2noc(-c3ccc(S(=O)(=O)NC(C)C)o3)n2)c1. The van der Waals surface area contributed by atoms with Crippen LogP contribution in [0.2, 0.25) is 0 Å². The lowest BCUT2D eigenvalue weighted by atomic mass is 10.2. The molecule has 25 heavy (non-hydrogen) atoms. The maximum absolute atomic E-state index is 12.1. The summed E-state index contributed by atoms with van der Waals surface area (Å²) < 4.78 is 42.3. The highest BCUT2D eigenvalue weighted by molar-refractivity contribution is 7.89. The Morgan fingerprint density at radius 3 is 2.72 bits per heavy atom. The number of hydrogen-bond acceptors (Lipinski definition) is 7. The van der Waals surface area contributed by atoms with Gasteiger partial charge in [-0.15, -0.1) is 0 Å². The van der Waals surface area contributed by atoms with Crippen molar-refractivity contribution >= 4 is 10.0 Å². The van der Waals surface area contributed by atoms with Crippen molar-refractivity contribution in [3.8, 4) is 28.8 Å². The molecule has 0 spiro atoms. The van der Waals surface area contributed by atoms with Gasteiger partial charge in [-0.25, -0.2) is 13.1 Å². The average Bonchev–Trinajstić information content (AvgIpc) is 3.23. The molecule has 132 valence electrons. The van der Waals surface area contributed by atoms with Gasteiger partial charge in [0.05, 0.1) is 7.11 Å². The van der Waals surface area contributed by atoms with E-state index < -0.39 is 10.0 Å². The molecule has 0 aliphatic carbocycles. The van der Waals surface area contributed by atoms with Crippen LogP contribution in [-0.2, 0) is 10.0 Å². The molecule has 1 N–H and O–H groups in total. The molecule has 0 bridgehead atoms. The number of hydrogen-bond donors (Lipinski definition) is 1. The Morgan fingerprint density at radius 1 is 1.20 bits per heavy atom. The van der Waals surface area contributed by atoms with Gasteiger partial charge >= 0.3 is 0 Å². The summed E-state index contributed by atoms with van der Waals surface area (Å²) in [5, 5.41) is 3.68. The Balaban J connectivity index is 1.88. The molecule has 3 rings (SSSR count). The van der Waals surface area contributed by atoms with Crippen molar-refractivity contribution in [2.75, 3.05) is 7.11 Å². The second-order valence-electron chi connectivity index (χ2n) is 5.55. The first kappa shape index (κ1) is 17.2. The predicted octanol–water partition coefficient (Wildman–Crippen LogP) is 2.69. The molecule has 0 unspecified atom stereocenters. The molecule has 0 aliphatic heterocycles. The van der Waals surface area contributed by atoms with Gasteiger partial charge in [-0.2, -0.15) is 4.98 Å². The maximum Gasteiger partial charge on any atom is 0.293 e. The van der Waals surface area contributed by atoms with Crippen LogP contribution in [0.1, 0.15) is 13.8 Å². The Bertz CT molecular complexity index is 975. The predicted molar refractivity (Wildman–Crippen MR) is 89.4 cm³/mol. The minimum atomic E-state index is -3.72. The second-order valence-corrected chi connectivity index (χ2v) is 7.19. The maximum atomic E-state index is 12.1. The Kier molecular flexibility index (Phi) is 4.60. The van der Waals surface area contributed by atoms with Crippen LogP contribution in [0.25, 0.3) is 23.0 Å². The number of ether oxygens (including phenoxy) is 1. The van der Waals surface area contributed by atoms with Gasteiger partial charge in [0.25, 0.3) is 15.9 Å². The van der Waals surface area contributed by atoms with E-state index in [4.69, 9.17) is 13.7 Å². The molecule has 1 aromatic carbocycles. The zero-order valence-corrected chi connectivity index (χ0v) is 14.7. The normalized spacial score (nSPS) is 11.8. The van der Waals surface area contributed by atoms with Gasteiger partial charge in [0.1, 0.15) is 5.75 Å². The zero-order valence-electron chi connectivity index (χ0n) is 13.9. The number of nitrogens with zero attached hydrogens (tertiary/aromatic N) is 2. The second kappa shape index (κ2) is 6.69. The molecule has 0 radical (unpaired) electrons. The first-order valence-corrected chi connectivity index (χ1v) is 8.98. The summed E-state index contributed by atoms with van der Waals surface area (Å²) in [5.74, 6) is 1.26. The highest BCUT2D eigenvalue weighted by Crippen LogP contribution is 2.27. The van der Waals surface area contributed by atoms with Crippen LogP contribution < -0.4 is 9.46 Å². The van der Waals surface area contributed by atoms with E-state index in [2.05, 4.69) is 14.9 Å². The number of rotatable bonds is 6. The summed E-state index contributed by atoms with van der Waals surface area (Å²) >= 11 is 0. The van der Waals surface area contributed by atoms with Crippen molar-refractivity contribution in [2.45, 2.75) is 25.0 Å².